The summed E-state index contributed by atoms with van der Waals surface area (Å²) in [5, 5.41) is 2.81. The molecule has 12 nitrogen and oxygen atoms in total. The number of rotatable bonds is 10. The minimum atomic E-state index is -0.598. The van der Waals surface area contributed by atoms with Crippen LogP contribution in [0, 0.1) is 0 Å². The maximum Gasteiger partial charge on any atom is 0.320 e. The van der Waals surface area contributed by atoms with Crippen LogP contribution < -0.4 is 11.1 Å². The van der Waals surface area contributed by atoms with Crippen molar-refractivity contribution in [1.29, 1.82) is 0 Å². The zero-order valence-corrected chi connectivity index (χ0v) is 25.2. The molecule has 0 aromatic carbocycles. The van der Waals surface area contributed by atoms with E-state index in [0.29, 0.717) is 65.4 Å². The first-order valence-corrected chi connectivity index (χ1v) is 13.9. The van der Waals surface area contributed by atoms with Gasteiger partial charge in [-0.3, -0.25) is 38.8 Å². The van der Waals surface area contributed by atoms with Gasteiger partial charge in [0.15, 0.2) is 0 Å². The zero-order valence-electron chi connectivity index (χ0n) is 25.2. The Labute approximate surface area is 234 Å². The fourth-order valence-corrected chi connectivity index (χ4v) is 4.11. The van der Waals surface area contributed by atoms with Crippen LogP contribution >= 0.6 is 0 Å². The fourth-order valence-electron chi connectivity index (χ4n) is 4.11. The van der Waals surface area contributed by atoms with Crippen molar-refractivity contribution in [2.75, 3.05) is 91.6 Å². The number of carbonyl (C=O) groups excluding carboxylic acids is 4. The predicted octanol–water partition coefficient (Wildman–Crippen LogP) is -0.445. The van der Waals surface area contributed by atoms with Crippen LogP contribution in [0.1, 0.15) is 48.5 Å². The third kappa shape index (κ3) is 18.0. The lowest BCUT2D eigenvalue weighted by Gasteiger charge is -2.34. The molecule has 39 heavy (non-hydrogen) atoms. The summed E-state index contributed by atoms with van der Waals surface area (Å²) >= 11 is 0. The average Bonchev–Trinajstić information content (AvgIpc) is 2.76. The summed E-state index contributed by atoms with van der Waals surface area (Å²) in [6.45, 7) is 18.4. The summed E-state index contributed by atoms with van der Waals surface area (Å²) in [6, 6.07) is 0. The summed E-state index contributed by atoms with van der Waals surface area (Å²) in [6.07, 6.45) is 0. The van der Waals surface area contributed by atoms with Crippen LogP contribution in [0.15, 0.2) is 0 Å². The van der Waals surface area contributed by atoms with Gasteiger partial charge in [0, 0.05) is 65.4 Å². The molecule has 0 spiro atoms. The van der Waals surface area contributed by atoms with E-state index < -0.39 is 11.2 Å². The lowest BCUT2D eigenvalue weighted by Crippen LogP contribution is -2.50. The van der Waals surface area contributed by atoms with E-state index in [9.17, 15) is 19.2 Å². The van der Waals surface area contributed by atoms with E-state index in [1.165, 1.54) is 0 Å². The smallest absolute Gasteiger partial charge is 0.320 e. The third-order valence-electron chi connectivity index (χ3n) is 5.76. The van der Waals surface area contributed by atoms with E-state index in [-0.39, 0.29) is 49.8 Å². The van der Waals surface area contributed by atoms with Crippen molar-refractivity contribution in [2.24, 2.45) is 5.73 Å². The fraction of sp³-hybridized carbons (Fsp3) is 0.852. The number of nitrogens with zero attached hydrogens (tertiary/aromatic N) is 4. The van der Waals surface area contributed by atoms with Crippen molar-refractivity contribution in [2.45, 2.75) is 59.7 Å². The van der Waals surface area contributed by atoms with Crippen LogP contribution in [0.2, 0.25) is 0 Å². The van der Waals surface area contributed by atoms with Gasteiger partial charge >= 0.3 is 11.9 Å². The summed E-state index contributed by atoms with van der Waals surface area (Å²) in [5.74, 6) is -0.710. The molecule has 1 rings (SSSR count). The number of nitrogens with one attached hydrogen (secondary N) is 1. The number of hydrogen-bond acceptors (Lipinski definition) is 11. The second kappa shape index (κ2) is 16.9. The first kappa shape index (κ1) is 34.9. The van der Waals surface area contributed by atoms with Gasteiger partial charge < -0.3 is 20.5 Å². The standard InChI is InChI=1S/C27H52N6O6/c1-22(34)18-30-10-12-31(19-23(35)29-9-8-28)13-15-33(21-25(37)39-27(5,6)7)17-16-32(14-11-30)20-24(36)38-26(2,3)4/h8-21,28H2,1-7H3,(H,29,35). The first-order chi connectivity index (χ1) is 18.1. The second-order valence-corrected chi connectivity index (χ2v) is 12.1. The van der Waals surface area contributed by atoms with E-state index in [1.807, 2.05) is 56.2 Å². The Hall–Kier alpha value is -2.12. The van der Waals surface area contributed by atoms with Crippen LogP contribution in [0.4, 0.5) is 0 Å². The predicted molar refractivity (Wildman–Crippen MR) is 150 cm³/mol. The molecule has 0 radical (unpaired) electrons. The Balaban J connectivity index is 3.08. The Morgan fingerprint density at radius 2 is 0.974 bits per heavy atom. The van der Waals surface area contributed by atoms with Crippen LogP contribution in [0.25, 0.3) is 0 Å². The van der Waals surface area contributed by atoms with E-state index in [1.54, 1.807) is 6.92 Å². The van der Waals surface area contributed by atoms with Crippen molar-refractivity contribution < 1.29 is 28.7 Å². The van der Waals surface area contributed by atoms with Gasteiger partial charge in [0.25, 0.3) is 0 Å². The highest BCUT2D eigenvalue weighted by Crippen LogP contribution is 2.10. The molecule has 226 valence electrons. The number of amides is 1. The monoisotopic (exact) mass is 556 g/mol. The van der Waals surface area contributed by atoms with Crippen LogP contribution in [-0.2, 0) is 28.7 Å². The Morgan fingerprint density at radius 3 is 1.28 bits per heavy atom. The highest BCUT2D eigenvalue weighted by molar-refractivity contribution is 5.78. The van der Waals surface area contributed by atoms with Gasteiger partial charge in [-0.25, -0.2) is 0 Å². The van der Waals surface area contributed by atoms with Crippen molar-refractivity contribution in [3.8, 4) is 0 Å². The molecule has 0 saturated carbocycles. The lowest BCUT2D eigenvalue weighted by atomic mass is 10.2. The molecular weight excluding hydrogens is 504 g/mol. The van der Waals surface area contributed by atoms with Crippen molar-refractivity contribution in [1.82, 2.24) is 24.9 Å². The van der Waals surface area contributed by atoms with E-state index in [0.717, 1.165) is 0 Å². The van der Waals surface area contributed by atoms with Crippen molar-refractivity contribution in [3.63, 3.8) is 0 Å². The number of ketones is 1. The molecule has 0 aromatic rings. The van der Waals surface area contributed by atoms with E-state index in [4.69, 9.17) is 15.2 Å². The maximum atomic E-state index is 12.7. The molecule has 0 aliphatic carbocycles. The lowest BCUT2D eigenvalue weighted by molar-refractivity contribution is -0.158. The highest BCUT2D eigenvalue weighted by atomic mass is 16.6. The Bertz CT molecular complexity index is 795. The van der Waals surface area contributed by atoms with Gasteiger partial charge in [0.05, 0.1) is 26.2 Å². The molecule has 0 aromatic heterocycles. The van der Waals surface area contributed by atoms with Crippen molar-refractivity contribution in [3.05, 3.63) is 0 Å². The number of Topliss-reactive ketones (excluding diaryl/α,β-unsaturated/α-hetero) is 1. The average molecular weight is 557 g/mol. The van der Waals surface area contributed by atoms with Crippen LogP contribution in [0.5, 0.6) is 0 Å². The number of carbonyl (C=O) groups is 4. The van der Waals surface area contributed by atoms with Gasteiger partial charge in [-0.05, 0) is 48.5 Å². The van der Waals surface area contributed by atoms with Crippen molar-refractivity contribution >= 4 is 23.6 Å². The molecule has 1 aliphatic rings. The molecule has 1 fully saturated rings. The van der Waals surface area contributed by atoms with Gasteiger partial charge in [-0.1, -0.05) is 0 Å². The van der Waals surface area contributed by atoms with Gasteiger partial charge in [-0.2, -0.15) is 0 Å². The second-order valence-electron chi connectivity index (χ2n) is 12.1. The number of nitrogens with two attached hydrogens (primary N) is 1. The largest absolute Gasteiger partial charge is 0.459 e. The van der Waals surface area contributed by atoms with Gasteiger partial charge in [0.2, 0.25) is 5.91 Å². The number of ether oxygens (including phenoxy) is 2. The molecule has 1 saturated heterocycles. The number of hydrogen-bond donors (Lipinski definition) is 2. The Kier molecular flexibility index (Phi) is 15.1. The van der Waals surface area contributed by atoms with Crippen LogP contribution in [0.3, 0.4) is 0 Å². The summed E-state index contributed by atoms with van der Waals surface area (Å²) in [7, 11) is 0. The molecule has 1 aliphatic heterocycles. The number of esters is 2. The highest BCUT2D eigenvalue weighted by Gasteiger charge is 2.24. The van der Waals surface area contributed by atoms with E-state index in [2.05, 4.69) is 10.2 Å². The summed E-state index contributed by atoms with van der Waals surface area (Å²) in [4.78, 5) is 57.8. The topological polar surface area (TPSA) is 138 Å². The first-order valence-electron chi connectivity index (χ1n) is 13.9. The maximum absolute atomic E-state index is 12.7. The molecular formula is C27H52N6O6. The molecule has 0 bridgehead atoms. The molecule has 1 amide bonds. The molecule has 0 unspecified atom stereocenters. The molecule has 1 heterocycles. The minimum absolute atomic E-state index is 0.0524. The quantitative estimate of drug-likeness (QED) is 0.339. The SMILES string of the molecule is CC(=O)CN1CCN(CC(=O)NCCN)CCN(CC(=O)OC(C)(C)C)CCN(CC(=O)OC(C)(C)C)CC1. The third-order valence-corrected chi connectivity index (χ3v) is 5.76. The zero-order chi connectivity index (χ0) is 29.6. The van der Waals surface area contributed by atoms with Crippen LogP contribution in [-0.4, -0.2) is 146 Å². The van der Waals surface area contributed by atoms with Gasteiger partial charge in [-0.15, -0.1) is 0 Å². The van der Waals surface area contributed by atoms with Gasteiger partial charge in [0.1, 0.15) is 17.0 Å². The Morgan fingerprint density at radius 1 is 0.641 bits per heavy atom. The minimum Gasteiger partial charge on any atom is -0.459 e. The molecule has 3 N–H and O–H groups in total. The normalized spacial score (nSPS) is 18.1. The summed E-state index contributed by atoms with van der Waals surface area (Å²) in [5.41, 5.74) is 4.33. The van der Waals surface area contributed by atoms with E-state index >= 15 is 0 Å². The molecule has 0 atom stereocenters. The molecule has 12 heteroatoms. The summed E-state index contributed by atoms with van der Waals surface area (Å²) < 4.78 is 11.1.